The minimum Gasteiger partial charge on any atom is -0.462 e. The van der Waals surface area contributed by atoms with Crippen LogP contribution in [0.3, 0.4) is 0 Å². The van der Waals surface area contributed by atoms with Crippen LogP contribution < -0.4 is 10.4 Å². The Kier molecular flexibility index (Phi) is 15.5. The van der Waals surface area contributed by atoms with Gasteiger partial charge in [-0.2, -0.15) is 0 Å². The first-order valence-corrected chi connectivity index (χ1v) is 19.9. The summed E-state index contributed by atoms with van der Waals surface area (Å²) in [5, 5.41) is 1.69. The summed E-state index contributed by atoms with van der Waals surface area (Å²) in [6, 6.07) is 20.1. The van der Waals surface area contributed by atoms with Crippen LogP contribution in [0.4, 0.5) is 0 Å². The SMILES string of the molecule is CO[C@H]1O[C@H](CO[Si](c2ccccc2)(c2ccccc2)C(C)(C)C)[C@@H](O[C@H]2O[C@H]([C@@H](COC(C)=O)OC(C)=O)[C@H](OC(C)=O)[C@@H]2OC(C)=O)[C@H](OC)[C@H]1OC. The van der Waals surface area contributed by atoms with E-state index in [2.05, 4.69) is 45.0 Å². The molecule has 2 aromatic carbocycles. The Hall–Kier alpha value is -3.74. The Morgan fingerprint density at radius 2 is 1.20 bits per heavy atom. The van der Waals surface area contributed by atoms with Crippen LogP contribution in [0.25, 0.3) is 0 Å². The molecule has 0 bridgehead atoms. The first kappa shape index (κ1) is 44.0. The van der Waals surface area contributed by atoms with Gasteiger partial charge in [0.2, 0.25) is 0 Å². The van der Waals surface area contributed by atoms with Gasteiger partial charge in [-0.15, -0.1) is 0 Å². The zero-order valence-electron chi connectivity index (χ0n) is 33.1. The molecule has 0 unspecified atom stereocenters. The topological polar surface area (TPSA) is 170 Å². The van der Waals surface area contributed by atoms with E-state index in [0.717, 1.165) is 24.2 Å². The molecule has 0 N–H and O–H groups in total. The standard InChI is InChI=1S/C39H54O15Si/c1-23(40)47-21-29(49-24(2)41)32-34(50-25(3)42)36(51-26(4)43)38(54-32)53-31-30(52-37(46-10)35(45-9)33(31)44-8)22-48-55(39(5,6)7,27-17-13-11-14-18-27)28-19-15-12-16-20-28/h11-20,29-38H,21-22H2,1-10H3/t29-,30-,31-,32-,33+,34+,35-,36+,37+,38+/m1/s1. The molecule has 2 aliphatic rings. The van der Waals surface area contributed by atoms with E-state index < -0.39 is 100 Å². The van der Waals surface area contributed by atoms with E-state index in [1.165, 1.54) is 35.2 Å². The lowest BCUT2D eigenvalue weighted by Crippen LogP contribution is -2.68. The summed E-state index contributed by atoms with van der Waals surface area (Å²) in [5.41, 5.74) is 0. The Labute approximate surface area is 323 Å². The number of benzene rings is 2. The predicted octanol–water partition coefficient (Wildman–Crippen LogP) is 2.43. The maximum absolute atomic E-state index is 12.5. The molecule has 4 rings (SSSR count). The summed E-state index contributed by atoms with van der Waals surface area (Å²) in [7, 11) is 1.31. The molecule has 2 fully saturated rings. The Balaban J connectivity index is 1.81. The summed E-state index contributed by atoms with van der Waals surface area (Å²) in [5.74, 6) is -2.88. The minimum absolute atomic E-state index is 0.0294. The van der Waals surface area contributed by atoms with E-state index in [9.17, 15) is 19.2 Å². The molecule has 55 heavy (non-hydrogen) atoms. The van der Waals surface area contributed by atoms with E-state index in [0.29, 0.717) is 0 Å². The number of ether oxygens (including phenoxy) is 10. The van der Waals surface area contributed by atoms with Crippen LogP contribution >= 0.6 is 0 Å². The third kappa shape index (κ3) is 10.4. The van der Waals surface area contributed by atoms with Crippen molar-refractivity contribution in [1.82, 2.24) is 0 Å². The number of methoxy groups -OCH3 is 3. The van der Waals surface area contributed by atoms with Gasteiger partial charge in [-0.25, -0.2) is 0 Å². The lowest BCUT2D eigenvalue weighted by Gasteiger charge is -2.48. The van der Waals surface area contributed by atoms with Crippen molar-refractivity contribution in [2.24, 2.45) is 0 Å². The first-order chi connectivity index (χ1) is 26.1. The van der Waals surface area contributed by atoms with E-state index in [1.807, 2.05) is 36.4 Å². The number of hydrogen-bond acceptors (Lipinski definition) is 15. The van der Waals surface area contributed by atoms with E-state index in [1.54, 1.807) is 0 Å². The van der Waals surface area contributed by atoms with Crippen LogP contribution in [0.2, 0.25) is 5.04 Å². The Morgan fingerprint density at radius 3 is 1.65 bits per heavy atom. The molecule has 2 aliphatic heterocycles. The fraction of sp³-hybridized carbons (Fsp3) is 0.590. The number of carbonyl (C=O) groups is 4. The largest absolute Gasteiger partial charge is 0.462 e. The van der Waals surface area contributed by atoms with Gasteiger partial charge in [0.05, 0.1) is 6.61 Å². The molecule has 0 saturated carbocycles. The van der Waals surface area contributed by atoms with Gasteiger partial charge < -0.3 is 51.8 Å². The molecule has 0 amide bonds. The maximum Gasteiger partial charge on any atom is 0.303 e. The molecule has 0 spiro atoms. The van der Waals surface area contributed by atoms with Crippen LogP contribution in [-0.4, -0.2) is 128 Å². The zero-order chi connectivity index (χ0) is 40.5. The molecule has 16 heteroatoms. The van der Waals surface area contributed by atoms with Crippen molar-refractivity contribution in [1.29, 1.82) is 0 Å². The van der Waals surface area contributed by atoms with Crippen molar-refractivity contribution >= 4 is 42.6 Å². The Bertz CT molecular complexity index is 1530. The molecule has 304 valence electrons. The molecule has 0 radical (unpaired) electrons. The van der Waals surface area contributed by atoms with Crippen LogP contribution in [0.1, 0.15) is 48.5 Å². The minimum atomic E-state index is -3.12. The predicted molar refractivity (Wildman–Crippen MR) is 198 cm³/mol. The number of rotatable bonds is 16. The van der Waals surface area contributed by atoms with Crippen molar-refractivity contribution in [2.75, 3.05) is 34.5 Å². The van der Waals surface area contributed by atoms with Crippen molar-refractivity contribution in [3.05, 3.63) is 60.7 Å². The molecular weight excluding hydrogens is 737 g/mol. The average molecular weight is 791 g/mol. The highest BCUT2D eigenvalue weighted by molar-refractivity contribution is 6.99. The van der Waals surface area contributed by atoms with E-state index in [4.69, 9.17) is 51.8 Å². The molecule has 2 saturated heterocycles. The molecule has 2 aromatic rings. The lowest BCUT2D eigenvalue weighted by molar-refractivity contribution is -0.332. The first-order valence-electron chi connectivity index (χ1n) is 18.0. The second kappa shape index (κ2) is 19.4. The monoisotopic (exact) mass is 790 g/mol. The summed E-state index contributed by atoms with van der Waals surface area (Å²) in [4.78, 5) is 49.0. The van der Waals surface area contributed by atoms with E-state index >= 15 is 0 Å². The van der Waals surface area contributed by atoms with Gasteiger partial charge >= 0.3 is 23.9 Å². The van der Waals surface area contributed by atoms with Crippen LogP contribution in [0.15, 0.2) is 60.7 Å². The van der Waals surface area contributed by atoms with Crippen molar-refractivity contribution in [2.45, 2.75) is 115 Å². The molecule has 10 atom stereocenters. The van der Waals surface area contributed by atoms with Crippen molar-refractivity contribution in [3.63, 3.8) is 0 Å². The number of carbonyl (C=O) groups excluding carboxylic acids is 4. The molecule has 0 aromatic heterocycles. The number of esters is 4. The molecule has 0 aliphatic carbocycles. The highest BCUT2D eigenvalue weighted by Gasteiger charge is 2.58. The highest BCUT2D eigenvalue weighted by atomic mass is 28.4. The molecule has 15 nitrogen and oxygen atoms in total. The quantitative estimate of drug-likeness (QED) is 0.138. The Morgan fingerprint density at radius 1 is 0.655 bits per heavy atom. The van der Waals surface area contributed by atoms with Crippen LogP contribution in [0, 0.1) is 0 Å². The second-order valence-electron chi connectivity index (χ2n) is 14.3. The van der Waals surface area contributed by atoms with Crippen LogP contribution in [-0.2, 0) is 71.0 Å². The van der Waals surface area contributed by atoms with Gasteiger partial charge in [0.15, 0.2) is 30.9 Å². The maximum atomic E-state index is 12.5. The molecule has 2 heterocycles. The number of hydrogen-bond donors (Lipinski definition) is 0. The summed E-state index contributed by atoms with van der Waals surface area (Å²) >= 11 is 0. The summed E-state index contributed by atoms with van der Waals surface area (Å²) < 4.78 is 66.4. The van der Waals surface area contributed by atoms with Gasteiger partial charge in [0, 0.05) is 49.0 Å². The van der Waals surface area contributed by atoms with Crippen molar-refractivity contribution in [3.8, 4) is 0 Å². The average Bonchev–Trinajstić information content (AvgIpc) is 3.44. The van der Waals surface area contributed by atoms with Gasteiger partial charge in [-0.3, -0.25) is 19.2 Å². The fourth-order valence-electron chi connectivity index (χ4n) is 7.32. The van der Waals surface area contributed by atoms with Gasteiger partial charge in [-0.05, 0) is 15.4 Å². The molecular formula is C39H54O15Si. The van der Waals surface area contributed by atoms with Gasteiger partial charge in [0.25, 0.3) is 8.32 Å². The zero-order valence-corrected chi connectivity index (χ0v) is 34.1. The van der Waals surface area contributed by atoms with E-state index in [-0.39, 0.29) is 11.6 Å². The second-order valence-corrected chi connectivity index (χ2v) is 18.6. The van der Waals surface area contributed by atoms with Crippen LogP contribution in [0.5, 0.6) is 0 Å². The normalized spacial score (nSPS) is 27.5. The highest BCUT2D eigenvalue weighted by Crippen LogP contribution is 2.39. The third-order valence-corrected chi connectivity index (χ3v) is 14.5. The summed E-state index contributed by atoms with van der Waals surface area (Å²) in [6.07, 6.45) is -11.4. The van der Waals surface area contributed by atoms with Gasteiger partial charge in [0.1, 0.15) is 37.1 Å². The smallest absolute Gasteiger partial charge is 0.303 e. The fourth-order valence-corrected chi connectivity index (χ4v) is 11.9. The lowest BCUT2D eigenvalue weighted by atomic mass is 9.98. The van der Waals surface area contributed by atoms with Crippen molar-refractivity contribution < 1.29 is 71.0 Å². The third-order valence-electron chi connectivity index (χ3n) is 9.49. The van der Waals surface area contributed by atoms with Gasteiger partial charge in [-0.1, -0.05) is 81.4 Å². The summed E-state index contributed by atoms with van der Waals surface area (Å²) in [6.45, 7) is 10.6.